The smallest absolute Gasteiger partial charge is 0.341 e. The first-order chi connectivity index (χ1) is 9.67. The molecule has 2 rings (SSSR count). The number of hydrogen-bond acceptors (Lipinski definition) is 4. The maximum Gasteiger partial charge on any atom is 0.341 e. The minimum absolute atomic E-state index is 0.250. The Hall–Kier alpha value is -1.99. The first kappa shape index (κ1) is 14.4. The topological polar surface area (TPSA) is 55.8 Å². The summed E-state index contributed by atoms with van der Waals surface area (Å²) in [5.41, 5.74) is 1.20. The SMILES string of the molecule is COC(=O)c1ccc(C#CC2CC(CO)C2)cc1OC. The highest BCUT2D eigenvalue weighted by Gasteiger charge is 2.26. The number of aliphatic hydroxyl groups is 1. The van der Waals surface area contributed by atoms with Crippen LogP contribution in [0, 0.1) is 23.7 Å². The first-order valence-electron chi connectivity index (χ1n) is 6.56. The van der Waals surface area contributed by atoms with E-state index >= 15 is 0 Å². The minimum atomic E-state index is -0.425. The third-order valence-corrected chi connectivity index (χ3v) is 3.52. The fourth-order valence-electron chi connectivity index (χ4n) is 2.24. The molecule has 0 atom stereocenters. The number of aliphatic hydroxyl groups excluding tert-OH is 1. The quantitative estimate of drug-likeness (QED) is 0.675. The van der Waals surface area contributed by atoms with Gasteiger partial charge >= 0.3 is 5.97 Å². The van der Waals surface area contributed by atoms with Gasteiger partial charge in [-0.25, -0.2) is 4.79 Å². The molecule has 1 fully saturated rings. The summed E-state index contributed by atoms with van der Waals surface area (Å²) in [4.78, 5) is 11.5. The Bertz CT molecular complexity index is 547. The predicted octanol–water partition coefficient (Wildman–Crippen LogP) is 1.85. The number of rotatable bonds is 3. The Morgan fingerprint density at radius 1 is 1.40 bits per heavy atom. The summed E-state index contributed by atoms with van der Waals surface area (Å²) in [6.07, 6.45) is 1.92. The zero-order chi connectivity index (χ0) is 14.5. The standard InChI is InChI=1S/C16H18O4/c1-19-15-9-11(5-6-14(15)16(18)20-2)3-4-12-7-13(8-12)10-17/h5-6,9,12-13,17H,7-8,10H2,1-2H3. The first-order valence-corrected chi connectivity index (χ1v) is 6.56. The molecule has 1 aromatic rings. The number of esters is 1. The molecule has 1 aliphatic carbocycles. The van der Waals surface area contributed by atoms with Crippen molar-refractivity contribution in [1.29, 1.82) is 0 Å². The van der Waals surface area contributed by atoms with Crippen molar-refractivity contribution < 1.29 is 19.4 Å². The fraction of sp³-hybridized carbons (Fsp3) is 0.438. The highest BCUT2D eigenvalue weighted by molar-refractivity contribution is 5.92. The summed E-state index contributed by atoms with van der Waals surface area (Å²) in [5.74, 6) is 7.07. The Morgan fingerprint density at radius 3 is 2.75 bits per heavy atom. The molecule has 0 bridgehead atoms. The summed E-state index contributed by atoms with van der Waals surface area (Å²) in [7, 11) is 2.85. The maximum absolute atomic E-state index is 11.5. The van der Waals surface area contributed by atoms with E-state index in [4.69, 9.17) is 9.84 Å². The van der Waals surface area contributed by atoms with Gasteiger partial charge in [-0.15, -0.1) is 0 Å². The van der Waals surface area contributed by atoms with Crippen LogP contribution in [0.25, 0.3) is 0 Å². The molecule has 106 valence electrons. The van der Waals surface area contributed by atoms with Crippen LogP contribution in [0.15, 0.2) is 18.2 Å². The van der Waals surface area contributed by atoms with E-state index < -0.39 is 5.97 Å². The molecule has 1 N–H and O–H groups in total. The molecular weight excluding hydrogens is 256 g/mol. The summed E-state index contributed by atoms with van der Waals surface area (Å²) in [6.45, 7) is 0.250. The van der Waals surface area contributed by atoms with E-state index in [1.165, 1.54) is 14.2 Å². The van der Waals surface area contributed by atoms with Crippen LogP contribution in [0.3, 0.4) is 0 Å². The molecule has 1 aromatic carbocycles. The van der Waals surface area contributed by atoms with E-state index in [9.17, 15) is 4.79 Å². The van der Waals surface area contributed by atoms with Crippen molar-refractivity contribution in [2.45, 2.75) is 12.8 Å². The zero-order valence-electron chi connectivity index (χ0n) is 11.7. The van der Waals surface area contributed by atoms with Gasteiger partial charge in [0.25, 0.3) is 0 Å². The predicted molar refractivity (Wildman–Crippen MR) is 74.5 cm³/mol. The number of ether oxygens (including phenoxy) is 2. The molecule has 0 radical (unpaired) electrons. The van der Waals surface area contributed by atoms with Gasteiger partial charge in [0.05, 0.1) is 14.2 Å². The van der Waals surface area contributed by atoms with Crippen LogP contribution in [0.2, 0.25) is 0 Å². The lowest BCUT2D eigenvalue weighted by Gasteiger charge is -2.29. The van der Waals surface area contributed by atoms with Crippen LogP contribution in [0.1, 0.15) is 28.8 Å². The highest BCUT2D eigenvalue weighted by Crippen LogP contribution is 2.32. The number of benzene rings is 1. The van der Waals surface area contributed by atoms with Crippen molar-refractivity contribution in [3.05, 3.63) is 29.3 Å². The van der Waals surface area contributed by atoms with Gasteiger partial charge in [0.15, 0.2) is 0 Å². The normalized spacial score (nSPS) is 20.4. The summed E-state index contributed by atoms with van der Waals surface area (Å²) in [6, 6.07) is 5.18. The van der Waals surface area contributed by atoms with Crippen LogP contribution >= 0.6 is 0 Å². The van der Waals surface area contributed by atoms with E-state index in [0.717, 1.165) is 18.4 Å². The summed E-state index contributed by atoms with van der Waals surface area (Å²) < 4.78 is 9.88. The average molecular weight is 274 g/mol. The molecule has 0 heterocycles. The molecule has 4 nitrogen and oxygen atoms in total. The zero-order valence-corrected chi connectivity index (χ0v) is 11.7. The molecule has 0 amide bonds. The lowest BCUT2D eigenvalue weighted by molar-refractivity contribution is 0.0597. The molecular formula is C16H18O4. The number of carbonyl (C=O) groups excluding carboxylic acids is 1. The van der Waals surface area contributed by atoms with Crippen LogP contribution in [0.5, 0.6) is 5.75 Å². The number of hydrogen-bond donors (Lipinski definition) is 1. The third-order valence-electron chi connectivity index (χ3n) is 3.52. The van der Waals surface area contributed by atoms with Gasteiger partial charge in [0.1, 0.15) is 11.3 Å². The molecule has 0 saturated heterocycles. The molecule has 0 aromatic heterocycles. The van der Waals surface area contributed by atoms with Gasteiger partial charge in [0.2, 0.25) is 0 Å². The lowest BCUT2D eigenvalue weighted by atomic mass is 9.76. The van der Waals surface area contributed by atoms with Crippen LogP contribution < -0.4 is 4.74 Å². The molecule has 20 heavy (non-hydrogen) atoms. The Kier molecular flexibility index (Phi) is 4.65. The summed E-state index contributed by atoms with van der Waals surface area (Å²) in [5, 5.41) is 8.95. The van der Waals surface area contributed by atoms with Crippen molar-refractivity contribution in [3.8, 4) is 17.6 Å². The molecule has 4 heteroatoms. The highest BCUT2D eigenvalue weighted by atomic mass is 16.5. The van der Waals surface area contributed by atoms with E-state index in [0.29, 0.717) is 23.1 Å². The number of carbonyl (C=O) groups is 1. The average Bonchev–Trinajstić information content (AvgIpc) is 2.44. The molecule has 0 spiro atoms. The number of methoxy groups -OCH3 is 2. The Balaban J connectivity index is 2.11. The van der Waals surface area contributed by atoms with Crippen molar-refractivity contribution in [2.75, 3.05) is 20.8 Å². The third kappa shape index (κ3) is 3.12. The Labute approximate surface area is 118 Å². The molecule has 0 unspecified atom stereocenters. The van der Waals surface area contributed by atoms with E-state index in [-0.39, 0.29) is 6.61 Å². The van der Waals surface area contributed by atoms with Crippen molar-refractivity contribution in [3.63, 3.8) is 0 Å². The van der Waals surface area contributed by atoms with E-state index in [1.807, 2.05) is 0 Å². The fourth-order valence-corrected chi connectivity index (χ4v) is 2.24. The molecule has 0 aliphatic heterocycles. The van der Waals surface area contributed by atoms with Gasteiger partial charge in [-0.1, -0.05) is 11.8 Å². The Morgan fingerprint density at radius 2 is 2.15 bits per heavy atom. The van der Waals surface area contributed by atoms with E-state index in [2.05, 4.69) is 16.6 Å². The van der Waals surface area contributed by atoms with Crippen LogP contribution in [-0.2, 0) is 4.74 Å². The monoisotopic (exact) mass is 274 g/mol. The minimum Gasteiger partial charge on any atom is -0.496 e. The second-order valence-corrected chi connectivity index (χ2v) is 4.89. The van der Waals surface area contributed by atoms with E-state index in [1.54, 1.807) is 18.2 Å². The summed E-state index contributed by atoms with van der Waals surface area (Å²) >= 11 is 0. The van der Waals surface area contributed by atoms with Gasteiger partial charge in [-0.2, -0.15) is 0 Å². The van der Waals surface area contributed by atoms with Crippen molar-refractivity contribution in [1.82, 2.24) is 0 Å². The van der Waals surface area contributed by atoms with Crippen molar-refractivity contribution >= 4 is 5.97 Å². The van der Waals surface area contributed by atoms with Gasteiger partial charge in [-0.3, -0.25) is 0 Å². The van der Waals surface area contributed by atoms with Gasteiger partial charge in [-0.05, 0) is 37.0 Å². The maximum atomic E-state index is 11.5. The largest absolute Gasteiger partial charge is 0.496 e. The van der Waals surface area contributed by atoms with Crippen LogP contribution in [-0.4, -0.2) is 31.9 Å². The van der Waals surface area contributed by atoms with Gasteiger partial charge in [0, 0.05) is 18.1 Å². The van der Waals surface area contributed by atoms with Crippen LogP contribution in [0.4, 0.5) is 0 Å². The lowest BCUT2D eigenvalue weighted by Crippen LogP contribution is -2.25. The van der Waals surface area contributed by atoms with Gasteiger partial charge < -0.3 is 14.6 Å². The second kappa shape index (κ2) is 6.44. The molecule has 1 aliphatic rings. The van der Waals surface area contributed by atoms with Crippen molar-refractivity contribution in [2.24, 2.45) is 11.8 Å². The molecule has 1 saturated carbocycles. The second-order valence-electron chi connectivity index (χ2n) is 4.89.